The second-order valence-electron chi connectivity index (χ2n) is 4.78. The van der Waals surface area contributed by atoms with Crippen LogP contribution in [0.2, 0.25) is 0 Å². The van der Waals surface area contributed by atoms with E-state index in [9.17, 15) is 5.11 Å². The topological polar surface area (TPSA) is 33.1 Å². The summed E-state index contributed by atoms with van der Waals surface area (Å²) in [7, 11) is 0. The molecular formula is C15H16BrNO. The minimum Gasteiger partial charge on any atom is -0.385 e. The lowest BCUT2D eigenvalue weighted by Gasteiger charge is -2.23. The lowest BCUT2D eigenvalue weighted by atomic mass is 9.90. The van der Waals surface area contributed by atoms with Gasteiger partial charge in [-0.2, -0.15) is 0 Å². The van der Waals surface area contributed by atoms with Gasteiger partial charge in [0.15, 0.2) is 0 Å². The average molecular weight is 306 g/mol. The third-order valence-corrected chi connectivity index (χ3v) is 3.46. The maximum absolute atomic E-state index is 10.5. The summed E-state index contributed by atoms with van der Waals surface area (Å²) in [6.45, 7) is 3.86. The Morgan fingerprint density at radius 3 is 2.39 bits per heavy atom. The number of aromatic nitrogens is 1. The predicted molar refractivity (Wildman–Crippen MR) is 76.4 cm³/mol. The molecule has 1 atom stereocenters. The number of halogens is 1. The zero-order valence-electron chi connectivity index (χ0n) is 10.5. The Kier molecular flexibility index (Phi) is 3.83. The van der Waals surface area contributed by atoms with Crippen LogP contribution >= 0.6 is 15.9 Å². The fourth-order valence-corrected chi connectivity index (χ4v) is 2.11. The molecule has 0 fully saturated rings. The number of aryl methyl sites for hydroxylation is 1. The van der Waals surface area contributed by atoms with Crippen LogP contribution in [0, 0.1) is 6.92 Å². The van der Waals surface area contributed by atoms with Gasteiger partial charge in [0, 0.05) is 22.8 Å². The van der Waals surface area contributed by atoms with E-state index in [1.807, 2.05) is 50.2 Å². The summed E-state index contributed by atoms with van der Waals surface area (Å²) in [6, 6.07) is 11.8. The minimum atomic E-state index is -0.894. The van der Waals surface area contributed by atoms with Crippen LogP contribution in [0.15, 0.2) is 47.1 Å². The SMILES string of the molecule is Cc1ccc(C(C)(O)Cc2ccc(Br)cn2)cc1. The van der Waals surface area contributed by atoms with E-state index in [1.54, 1.807) is 6.20 Å². The van der Waals surface area contributed by atoms with Gasteiger partial charge in [-0.1, -0.05) is 29.8 Å². The van der Waals surface area contributed by atoms with Gasteiger partial charge in [0.1, 0.15) is 0 Å². The lowest BCUT2D eigenvalue weighted by molar-refractivity contribution is 0.0566. The molecule has 1 aromatic heterocycles. The number of nitrogens with zero attached hydrogens (tertiary/aromatic N) is 1. The Morgan fingerprint density at radius 2 is 1.83 bits per heavy atom. The fourth-order valence-electron chi connectivity index (χ4n) is 1.88. The van der Waals surface area contributed by atoms with Crippen LogP contribution in [0.3, 0.4) is 0 Å². The quantitative estimate of drug-likeness (QED) is 0.940. The first-order chi connectivity index (χ1) is 8.47. The zero-order chi connectivity index (χ0) is 13.2. The van der Waals surface area contributed by atoms with E-state index in [0.717, 1.165) is 15.7 Å². The predicted octanol–water partition coefficient (Wildman–Crippen LogP) is 3.60. The molecule has 0 radical (unpaired) electrons. The second kappa shape index (κ2) is 5.21. The van der Waals surface area contributed by atoms with Crippen molar-refractivity contribution in [1.82, 2.24) is 4.98 Å². The van der Waals surface area contributed by atoms with E-state index in [0.29, 0.717) is 6.42 Å². The molecule has 0 saturated carbocycles. The molecule has 1 aromatic carbocycles. The molecule has 0 aliphatic heterocycles. The molecule has 2 nitrogen and oxygen atoms in total. The number of hydrogen-bond donors (Lipinski definition) is 1. The highest BCUT2D eigenvalue weighted by molar-refractivity contribution is 9.10. The molecule has 0 amide bonds. The smallest absolute Gasteiger partial charge is 0.0923 e. The molecule has 1 heterocycles. The largest absolute Gasteiger partial charge is 0.385 e. The molecule has 0 saturated heterocycles. The van der Waals surface area contributed by atoms with Gasteiger partial charge in [0.2, 0.25) is 0 Å². The van der Waals surface area contributed by atoms with Gasteiger partial charge in [-0.15, -0.1) is 0 Å². The number of rotatable bonds is 3. The van der Waals surface area contributed by atoms with Crippen LogP contribution in [-0.2, 0) is 12.0 Å². The maximum Gasteiger partial charge on any atom is 0.0923 e. The monoisotopic (exact) mass is 305 g/mol. The Hall–Kier alpha value is -1.19. The highest BCUT2D eigenvalue weighted by atomic mass is 79.9. The summed E-state index contributed by atoms with van der Waals surface area (Å²) < 4.78 is 0.946. The first-order valence-corrected chi connectivity index (χ1v) is 6.67. The van der Waals surface area contributed by atoms with Crippen molar-refractivity contribution in [2.75, 3.05) is 0 Å². The molecule has 0 spiro atoms. The summed E-state index contributed by atoms with van der Waals surface area (Å²) in [5, 5.41) is 10.5. The van der Waals surface area contributed by atoms with E-state index in [2.05, 4.69) is 20.9 Å². The van der Waals surface area contributed by atoms with Gasteiger partial charge in [-0.25, -0.2) is 0 Å². The number of hydrogen-bond acceptors (Lipinski definition) is 2. The summed E-state index contributed by atoms with van der Waals surface area (Å²) >= 11 is 3.35. The van der Waals surface area contributed by atoms with Gasteiger partial charge in [0.05, 0.1) is 5.60 Å². The number of benzene rings is 1. The van der Waals surface area contributed by atoms with E-state index >= 15 is 0 Å². The number of aliphatic hydroxyl groups is 1. The molecule has 2 aromatic rings. The first-order valence-electron chi connectivity index (χ1n) is 5.87. The normalized spacial score (nSPS) is 14.2. The van der Waals surface area contributed by atoms with Crippen molar-refractivity contribution in [3.8, 4) is 0 Å². The van der Waals surface area contributed by atoms with Gasteiger partial charge in [0.25, 0.3) is 0 Å². The van der Waals surface area contributed by atoms with Crippen molar-refractivity contribution in [1.29, 1.82) is 0 Å². The van der Waals surface area contributed by atoms with Crippen molar-refractivity contribution >= 4 is 15.9 Å². The van der Waals surface area contributed by atoms with Crippen molar-refractivity contribution in [2.45, 2.75) is 25.9 Å². The molecular weight excluding hydrogens is 290 g/mol. The van der Waals surface area contributed by atoms with Crippen molar-refractivity contribution in [2.24, 2.45) is 0 Å². The molecule has 0 bridgehead atoms. The lowest BCUT2D eigenvalue weighted by Crippen LogP contribution is -2.24. The maximum atomic E-state index is 10.5. The third kappa shape index (κ3) is 3.18. The molecule has 94 valence electrons. The Balaban J connectivity index is 2.20. The molecule has 0 aliphatic carbocycles. The van der Waals surface area contributed by atoms with Crippen LogP contribution in [0.5, 0.6) is 0 Å². The van der Waals surface area contributed by atoms with Crippen LogP contribution in [-0.4, -0.2) is 10.1 Å². The summed E-state index contributed by atoms with van der Waals surface area (Å²) in [5.74, 6) is 0. The van der Waals surface area contributed by atoms with Gasteiger partial charge in [-0.3, -0.25) is 4.98 Å². The van der Waals surface area contributed by atoms with Gasteiger partial charge < -0.3 is 5.11 Å². The minimum absolute atomic E-state index is 0.503. The molecule has 2 rings (SSSR count). The first kappa shape index (κ1) is 13.2. The molecule has 1 N–H and O–H groups in total. The summed E-state index contributed by atoms with van der Waals surface area (Å²) in [4.78, 5) is 4.30. The van der Waals surface area contributed by atoms with E-state index < -0.39 is 5.60 Å². The van der Waals surface area contributed by atoms with Crippen LogP contribution in [0.1, 0.15) is 23.7 Å². The average Bonchev–Trinajstić information content (AvgIpc) is 2.32. The highest BCUT2D eigenvalue weighted by Crippen LogP contribution is 2.25. The number of pyridine rings is 1. The van der Waals surface area contributed by atoms with Crippen LogP contribution in [0.4, 0.5) is 0 Å². The third-order valence-electron chi connectivity index (χ3n) is 2.99. The Bertz CT molecular complexity index is 517. The van der Waals surface area contributed by atoms with Crippen LogP contribution in [0.25, 0.3) is 0 Å². The standard InChI is InChI=1S/C15H16BrNO/c1-11-3-5-12(6-4-11)15(2,18)9-14-8-7-13(16)10-17-14/h3-8,10,18H,9H2,1-2H3. The van der Waals surface area contributed by atoms with Crippen molar-refractivity contribution in [3.63, 3.8) is 0 Å². The van der Waals surface area contributed by atoms with E-state index in [1.165, 1.54) is 5.56 Å². The second-order valence-corrected chi connectivity index (χ2v) is 5.70. The molecule has 0 aliphatic rings. The van der Waals surface area contributed by atoms with E-state index in [4.69, 9.17) is 0 Å². The van der Waals surface area contributed by atoms with Gasteiger partial charge in [-0.05, 0) is 47.5 Å². The Labute approximate surface area is 116 Å². The molecule has 1 unspecified atom stereocenters. The fraction of sp³-hybridized carbons (Fsp3) is 0.267. The molecule has 3 heteroatoms. The van der Waals surface area contributed by atoms with E-state index in [-0.39, 0.29) is 0 Å². The Morgan fingerprint density at radius 1 is 1.17 bits per heavy atom. The van der Waals surface area contributed by atoms with Gasteiger partial charge >= 0.3 is 0 Å². The zero-order valence-corrected chi connectivity index (χ0v) is 12.1. The highest BCUT2D eigenvalue weighted by Gasteiger charge is 2.23. The van der Waals surface area contributed by atoms with Crippen LogP contribution < -0.4 is 0 Å². The van der Waals surface area contributed by atoms with Crippen molar-refractivity contribution in [3.05, 3.63) is 63.9 Å². The summed E-state index contributed by atoms with van der Waals surface area (Å²) in [5.41, 5.74) is 2.09. The molecule has 18 heavy (non-hydrogen) atoms. The van der Waals surface area contributed by atoms with Crippen molar-refractivity contribution < 1.29 is 5.11 Å². The summed E-state index contributed by atoms with van der Waals surface area (Å²) in [6.07, 6.45) is 2.25.